The van der Waals surface area contributed by atoms with Gasteiger partial charge >= 0.3 is 0 Å². The number of methoxy groups -OCH3 is 1. The molecule has 0 unspecified atom stereocenters. The Hall–Kier alpha value is -2.44. The van der Waals surface area contributed by atoms with Gasteiger partial charge in [0, 0.05) is 42.5 Å². The molecule has 2 aromatic heterocycles. The molecule has 1 aromatic carbocycles. The van der Waals surface area contributed by atoms with E-state index in [0.29, 0.717) is 17.8 Å². The molecule has 2 saturated heterocycles. The van der Waals surface area contributed by atoms with Gasteiger partial charge in [0.1, 0.15) is 5.69 Å². The number of aryl methyl sites for hydroxylation is 1. The van der Waals surface area contributed by atoms with Crippen molar-refractivity contribution in [1.29, 1.82) is 0 Å². The highest BCUT2D eigenvalue weighted by atomic mass is 16.5. The summed E-state index contributed by atoms with van der Waals surface area (Å²) in [4.78, 5) is 4.25. The zero-order valence-corrected chi connectivity index (χ0v) is 18.9. The van der Waals surface area contributed by atoms with Crippen LogP contribution in [0.25, 0.3) is 22.2 Å². The predicted octanol–water partition coefficient (Wildman–Crippen LogP) is 4.45. The molecule has 6 nitrogen and oxygen atoms in total. The normalized spacial score (nSPS) is 28.3. The molecule has 1 saturated carbocycles. The number of fused-ring (bicyclic) bond motifs is 2. The van der Waals surface area contributed by atoms with Crippen molar-refractivity contribution < 1.29 is 9.47 Å². The fraction of sp³-hybridized carbons (Fsp3) is 0.538. The highest BCUT2D eigenvalue weighted by molar-refractivity contribution is 5.94. The second-order valence-corrected chi connectivity index (χ2v) is 9.89. The van der Waals surface area contributed by atoms with Gasteiger partial charge in [-0.05, 0) is 92.1 Å². The average Bonchev–Trinajstić information content (AvgIpc) is 3.53. The molecule has 168 valence electrons. The quantitative estimate of drug-likeness (QED) is 0.637. The van der Waals surface area contributed by atoms with Crippen LogP contribution in [0.3, 0.4) is 0 Å². The smallest absolute Gasteiger partial charge is 0.213 e. The summed E-state index contributed by atoms with van der Waals surface area (Å²) in [5.41, 5.74) is 5.98. The summed E-state index contributed by atoms with van der Waals surface area (Å²) in [6.07, 6.45) is 6.79. The molecule has 0 radical (unpaired) electrons. The first-order valence-corrected chi connectivity index (χ1v) is 12.0. The molecule has 0 bridgehead atoms. The van der Waals surface area contributed by atoms with E-state index in [0.717, 1.165) is 47.7 Å². The van der Waals surface area contributed by atoms with E-state index in [1.807, 2.05) is 12.1 Å². The van der Waals surface area contributed by atoms with Gasteiger partial charge in [-0.1, -0.05) is 0 Å². The van der Waals surface area contributed by atoms with Crippen LogP contribution in [0.4, 0.5) is 0 Å². The van der Waals surface area contributed by atoms with Gasteiger partial charge in [0.2, 0.25) is 5.88 Å². The fourth-order valence-corrected chi connectivity index (χ4v) is 6.63. The van der Waals surface area contributed by atoms with E-state index in [1.54, 1.807) is 13.3 Å². The number of aromatic nitrogens is 3. The molecule has 6 heteroatoms. The molecule has 0 amide bonds. The Morgan fingerprint density at radius 3 is 2.81 bits per heavy atom. The van der Waals surface area contributed by atoms with Crippen molar-refractivity contribution in [1.82, 2.24) is 20.5 Å². The zero-order valence-electron chi connectivity index (χ0n) is 18.9. The number of nitrogens with one attached hydrogen (secondary N) is 2. The number of rotatable bonds is 4. The van der Waals surface area contributed by atoms with Gasteiger partial charge in [0.25, 0.3) is 0 Å². The highest BCUT2D eigenvalue weighted by Gasteiger charge is 2.46. The summed E-state index contributed by atoms with van der Waals surface area (Å²) in [5.74, 6) is 3.63. The lowest BCUT2D eigenvalue weighted by molar-refractivity contribution is 0.0496. The lowest BCUT2D eigenvalue weighted by atomic mass is 9.81. The first kappa shape index (κ1) is 20.2. The summed E-state index contributed by atoms with van der Waals surface area (Å²) in [7, 11) is 1.65. The Kier molecular flexibility index (Phi) is 5.15. The number of H-pyrrole nitrogens is 1. The molecular formula is C26H32N4O2. The Balaban J connectivity index is 1.30. The Bertz CT molecular complexity index is 1120. The van der Waals surface area contributed by atoms with Crippen molar-refractivity contribution in [3.05, 3.63) is 41.6 Å². The van der Waals surface area contributed by atoms with Crippen LogP contribution >= 0.6 is 0 Å². The first-order valence-electron chi connectivity index (χ1n) is 12.0. The van der Waals surface area contributed by atoms with E-state index in [-0.39, 0.29) is 0 Å². The van der Waals surface area contributed by atoms with Gasteiger partial charge in [-0.25, -0.2) is 4.98 Å². The molecule has 1 aliphatic carbocycles. The largest absolute Gasteiger partial charge is 0.481 e. The first-order chi connectivity index (χ1) is 15.7. The molecule has 2 N–H and O–H groups in total. The summed E-state index contributed by atoms with van der Waals surface area (Å²) in [5, 5.41) is 13.0. The SMILES string of the molecule is COc1cc(-c2n[nH]c3cc(C)c([C@@H]4C[C@H]5CN[C@H](C6CCOCC6)[C@@H]5C4)cc23)ccn1. The maximum absolute atomic E-state index is 5.62. The van der Waals surface area contributed by atoms with Crippen LogP contribution in [0, 0.1) is 24.7 Å². The van der Waals surface area contributed by atoms with E-state index < -0.39 is 0 Å². The zero-order chi connectivity index (χ0) is 21.7. The third-order valence-electron chi connectivity index (χ3n) is 8.21. The number of ether oxygens (including phenoxy) is 2. The maximum atomic E-state index is 5.62. The minimum atomic E-state index is 0.612. The van der Waals surface area contributed by atoms with E-state index in [2.05, 4.69) is 39.6 Å². The Labute approximate surface area is 189 Å². The number of nitrogens with zero attached hydrogens (tertiary/aromatic N) is 2. The molecule has 3 aromatic rings. The molecule has 3 aliphatic rings. The highest BCUT2D eigenvalue weighted by Crippen LogP contribution is 2.49. The maximum Gasteiger partial charge on any atom is 0.213 e. The van der Waals surface area contributed by atoms with Crippen molar-refractivity contribution in [3.8, 4) is 17.1 Å². The summed E-state index contributed by atoms with van der Waals surface area (Å²) in [6, 6.07) is 9.31. The van der Waals surface area contributed by atoms with E-state index in [4.69, 9.17) is 9.47 Å². The third kappa shape index (κ3) is 3.41. The van der Waals surface area contributed by atoms with Crippen LogP contribution < -0.4 is 10.1 Å². The minimum absolute atomic E-state index is 0.612. The van der Waals surface area contributed by atoms with Crippen LogP contribution in [0.1, 0.15) is 42.7 Å². The van der Waals surface area contributed by atoms with Crippen LogP contribution in [0.2, 0.25) is 0 Å². The Morgan fingerprint density at radius 2 is 1.97 bits per heavy atom. The standard InChI is InChI=1S/C26H32N4O2/c1-15-9-23-22(26(30-29-23)17-3-6-27-24(12-17)31-2)13-20(15)18-10-19-14-28-25(21(19)11-18)16-4-7-32-8-5-16/h3,6,9,12-13,16,18-19,21,25,28H,4-5,7-8,10-11,14H2,1-2H3,(H,29,30)/t18-,19+,21-,25-/m1/s1. The van der Waals surface area contributed by atoms with Crippen LogP contribution in [0.15, 0.2) is 30.5 Å². The van der Waals surface area contributed by atoms with Gasteiger partial charge in [-0.15, -0.1) is 0 Å². The second kappa shape index (κ2) is 8.16. The molecule has 32 heavy (non-hydrogen) atoms. The molecular weight excluding hydrogens is 400 g/mol. The van der Waals surface area contributed by atoms with E-state index >= 15 is 0 Å². The number of hydrogen-bond acceptors (Lipinski definition) is 5. The molecule has 4 atom stereocenters. The van der Waals surface area contributed by atoms with Crippen molar-refractivity contribution in [2.24, 2.45) is 17.8 Å². The van der Waals surface area contributed by atoms with Crippen molar-refractivity contribution in [2.75, 3.05) is 26.9 Å². The topological polar surface area (TPSA) is 72.1 Å². The van der Waals surface area contributed by atoms with Gasteiger partial charge in [0.15, 0.2) is 0 Å². The molecule has 6 rings (SSSR count). The number of pyridine rings is 1. The number of hydrogen-bond donors (Lipinski definition) is 2. The van der Waals surface area contributed by atoms with E-state index in [9.17, 15) is 0 Å². The predicted molar refractivity (Wildman–Crippen MR) is 125 cm³/mol. The lowest BCUT2D eigenvalue weighted by Gasteiger charge is -2.31. The van der Waals surface area contributed by atoms with Crippen molar-refractivity contribution in [3.63, 3.8) is 0 Å². The molecule has 3 fully saturated rings. The number of benzene rings is 1. The summed E-state index contributed by atoms with van der Waals surface area (Å²) >= 11 is 0. The van der Waals surface area contributed by atoms with Gasteiger partial charge < -0.3 is 14.8 Å². The minimum Gasteiger partial charge on any atom is -0.481 e. The van der Waals surface area contributed by atoms with Crippen molar-refractivity contribution in [2.45, 2.75) is 44.6 Å². The average molecular weight is 433 g/mol. The fourth-order valence-electron chi connectivity index (χ4n) is 6.63. The third-order valence-corrected chi connectivity index (χ3v) is 8.21. The summed E-state index contributed by atoms with van der Waals surface area (Å²) in [6.45, 7) is 5.30. The van der Waals surface area contributed by atoms with Crippen LogP contribution in [-0.2, 0) is 4.74 Å². The molecule has 0 spiro atoms. The van der Waals surface area contributed by atoms with E-state index in [1.165, 1.54) is 48.7 Å². The second-order valence-electron chi connectivity index (χ2n) is 9.89. The Morgan fingerprint density at radius 1 is 1.09 bits per heavy atom. The van der Waals surface area contributed by atoms with Gasteiger partial charge in [-0.2, -0.15) is 5.10 Å². The summed E-state index contributed by atoms with van der Waals surface area (Å²) < 4.78 is 11.0. The molecule has 2 aliphatic heterocycles. The molecule has 4 heterocycles. The lowest BCUT2D eigenvalue weighted by Crippen LogP contribution is -2.38. The van der Waals surface area contributed by atoms with Crippen LogP contribution in [-0.4, -0.2) is 48.1 Å². The number of aromatic amines is 1. The monoisotopic (exact) mass is 432 g/mol. The van der Waals surface area contributed by atoms with Crippen LogP contribution in [0.5, 0.6) is 5.88 Å². The van der Waals surface area contributed by atoms with Gasteiger partial charge in [0.05, 0.1) is 12.6 Å². The van der Waals surface area contributed by atoms with Crippen molar-refractivity contribution >= 4 is 10.9 Å². The van der Waals surface area contributed by atoms with Gasteiger partial charge in [-0.3, -0.25) is 5.10 Å².